The molecule has 0 atom stereocenters. The monoisotopic (exact) mass is 334 g/mol. The van der Waals surface area contributed by atoms with Crippen molar-refractivity contribution in [3.8, 4) is 22.7 Å². The van der Waals surface area contributed by atoms with Crippen molar-refractivity contribution >= 4 is 0 Å². The summed E-state index contributed by atoms with van der Waals surface area (Å²) in [7, 11) is 0. The van der Waals surface area contributed by atoms with Crippen molar-refractivity contribution in [3.05, 3.63) is 66.3 Å². The minimum atomic E-state index is 0.443. The highest BCUT2D eigenvalue weighted by atomic mass is 16.4. The van der Waals surface area contributed by atoms with Crippen LogP contribution in [0.3, 0.4) is 0 Å². The van der Waals surface area contributed by atoms with Crippen LogP contribution in [-0.4, -0.2) is 19.7 Å². The van der Waals surface area contributed by atoms with Crippen LogP contribution >= 0.6 is 0 Å². The number of imidazole rings is 1. The maximum absolute atomic E-state index is 6.00. The van der Waals surface area contributed by atoms with Crippen molar-refractivity contribution in [2.75, 3.05) is 0 Å². The van der Waals surface area contributed by atoms with Gasteiger partial charge >= 0.3 is 0 Å². The predicted octanol–water partition coefficient (Wildman–Crippen LogP) is 4.11. The lowest BCUT2D eigenvalue weighted by Gasteiger charge is -2.06. The van der Waals surface area contributed by atoms with Gasteiger partial charge in [-0.3, -0.25) is 0 Å². The molecule has 0 unspecified atom stereocenters. The highest BCUT2D eigenvalue weighted by Crippen LogP contribution is 2.32. The second-order valence-electron chi connectivity index (χ2n) is 5.77. The summed E-state index contributed by atoms with van der Waals surface area (Å²) in [6.45, 7) is 4.29. The summed E-state index contributed by atoms with van der Waals surface area (Å²) < 4.78 is 13.5. The van der Waals surface area contributed by atoms with E-state index in [9.17, 15) is 0 Å². The van der Waals surface area contributed by atoms with Gasteiger partial charge in [0, 0.05) is 18.9 Å². The van der Waals surface area contributed by atoms with Gasteiger partial charge in [0.1, 0.15) is 18.0 Å². The Balaban J connectivity index is 1.82. The summed E-state index contributed by atoms with van der Waals surface area (Å²) in [6.07, 6.45) is 2.63. The number of aromatic nitrogens is 4. The standard InChI is InChI=1S/C19H18N4O2/c1-3-15-9-10-16(25-15)19-18(14-7-5-4-6-8-14)20-12-23(19)11-17-22-21-13(2)24-17/h4-10,12H,3,11H2,1-2H3. The van der Waals surface area contributed by atoms with Crippen LogP contribution in [0.25, 0.3) is 22.7 Å². The fourth-order valence-corrected chi connectivity index (χ4v) is 2.81. The molecule has 0 amide bonds. The number of nitrogens with zero attached hydrogens (tertiary/aromatic N) is 4. The van der Waals surface area contributed by atoms with Crippen molar-refractivity contribution in [1.29, 1.82) is 0 Å². The van der Waals surface area contributed by atoms with E-state index >= 15 is 0 Å². The maximum Gasteiger partial charge on any atom is 0.236 e. The Morgan fingerprint density at radius 3 is 2.52 bits per heavy atom. The highest BCUT2D eigenvalue weighted by Gasteiger charge is 2.19. The van der Waals surface area contributed by atoms with Gasteiger partial charge in [0.15, 0.2) is 5.76 Å². The summed E-state index contributed by atoms with van der Waals surface area (Å²) in [6, 6.07) is 14.0. The Kier molecular flexibility index (Phi) is 3.93. The number of benzene rings is 1. The van der Waals surface area contributed by atoms with Crippen LogP contribution in [0, 0.1) is 6.92 Å². The van der Waals surface area contributed by atoms with Crippen molar-refractivity contribution in [1.82, 2.24) is 19.7 Å². The molecule has 3 aromatic heterocycles. The van der Waals surface area contributed by atoms with Crippen molar-refractivity contribution in [2.45, 2.75) is 26.8 Å². The Morgan fingerprint density at radius 1 is 1.00 bits per heavy atom. The van der Waals surface area contributed by atoms with Gasteiger partial charge in [-0.1, -0.05) is 37.3 Å². The molecule has 0 aliphatic heterocycles. The van der Waals surface area contributed by atoms with Gasteiger partial charge in [-0.25, -0.2) is 4.98 Å². The molecule has 25 heavy (non-hydrogen) atoms. The normalized spacial score (nSPS) is 11.1. The van der Waals surface area contributed by atoms with Gasteiger partial charge in [-0.05, 0) is 12.1 Å². The molecule has 4 aromatic rings. The molecule has 0 aliphatic rings. The summed E-state index contributed by atoms with van der Waals surface area (Å²) in [5, 5.41) is 7.98. The molecular formula is C19H18N4O2. The van der Waals surface area contributed by atoms with Crippen LogP contribution < -0.4 is 0 Å². The lowest BCUT2D eigenvalue weighted by Crippen LogP contribution is -2.01. The molecule has 0 saturated heterocycles. The topological polar surface area (TPSA) is 69.9 Å². The second-order valence-corrected chi connectivity index (χ2v) is 5.77. The van der Waals surface area contributed by atoms with Crippen LogP contribution in [-0.2, 0) is 13.0 Å². The number of hydrogen-bond donors (Lipinski definition) is 0. The first-order chi connectivity index (χ1) is 12.2. The maximum atomic E-state index is 6.00. The smallest absolute Gasteiger partial charge is 0.236 e. The third-order valence-electron chi connectivity index (χ3n) is 4.00. The Hall–Kier alpha value is -3.15. The van der Waals surface area contributed by atoms with E-state index in [2.05, 4.69) is 22.1 Å². The largest absolute Gasteiger partial charge is 0.459 e. The zero-order valence-electron chi connectivity index (χ0n) is 14.1. The summed E-state index contributed by atoms with van der Waals surface area (Å²) in [4.78, 5) is 4.61. The summed E-state index contributed by atoms with van der Waals surface area (Å²) in [5.74, 6) is 2.81. The van der Waals surface area contributed by atoms with Crippen LogP contribution in [0.5, 0.6) is 0 Å². The van der Waals surface area contributed by atoms with E-state index < -0.39 is 0 Å². The zero-order chi connectivity index (χ0) is 17.2. The molecule has 4 rings (SSSR count). The molecule has 3 heterocycles. The van der Waals surface area contributed by atoms with Gasteiger partial charge in [0.25, 0.3) is 0 Å². The average molecular weight is 334 g/mol. The lowest BCUT2D eigenvalue weighted by atomic mass is 10.1. The number of aryl methyl sites for hydroxylation is 2. The van der Waals surface area contributed by atoms with Gasteiger partial charge in [0.2, 0.25) is 11.8 Å². The predicted molar refractivity (Wildman–Crippen MR) is 92.9 cm³/mol. The van der Waals surface area contributed by atoms with Crippen molar-refractivity contribution < 1.29 is 8.83 Å². The molecule has 0 radical (unpaired) electrons. The quantitative estimate of drug-likeness (QED) is 0.549. The molecule has 126 valence electrons. The Labute approximate surface area is 145 Å². The van der Waals surface area contributed by atoms with E-state index in [4.69, 9.17) is 8.83 Å². The number of furan rings is 1. The van der Waals surface area contributed by atoms with E-state index in [-0.39, 0.29) is 0 Å². The minimum Gasteiger partial charge on any atom is -0.459 e. The van der Waals surface area contributed by atoms with E-state index in [0.717, 1.165) is 34.9 Å². The minimum absolute atomic E-state index is 0.443. The Morgan fingerprint density at radius 2 is 1.84 bits per heavy atom. The molecule has 0 fully saturated rings. The fourth-order valence-electron chi connectivity index (χ4n) is 2.81. The average Bonchev–Trinajstić information content (AvgIpc) is 3.35. The molecule has 0 N–H and O–H groups in total. The molecule has 6 heteroatoms. The van der Waals surface area contributed by atoms with Gasteiger partial charge < -0.3 is 13.4 Å². The summed E-state index contributed by atoms with van der Waals surface area (Å²) >= 11 is 0. The first-order valence-corrected chi connectivity index (χ1v) is 8.23. The second kappa shape index (κ2) is 6.39. The van der Waals surface area contributed by atoms with Crippen LogP contribution in [0.1, 0.15) is 24.5 Å². The van der Waals surface area contributed by atoms with E-state index in [1.165, 1.54) is 0 Å². The third kappa shape index (κ3) is 2.98. The number of rotatable bonds is 5. The van der Waals surface area contributed by atoms with E-state index in [1.54, 1.807) is 13.3 Å². The van der Waals surface area contributed by atoms with E-state index in [1.807, 2.05) is 47.0 Å². The molecule has 0 bridgehead atoms. The van der Waals surface area contributed by atoms with Gasteiger partial charge in [0.05, 0.1) is 12.0 Å². The number of hydrogen-bond acceptors (Lipinski definition) is 5. The molecule has 0 spiro atoms. The first kappa shape index (κ1) is 15.4. The van der Waals surface area contributed by atoms with Gasteiger partial charge in [-0.15, -0.1) is 10.2 Å². The highest BCUT2D eigenvalue weighted by molar-refractivity contribution is 5.76. The van der Waals surface area contributed by atoms with Gasteiger partial charge in [-0.2, -0.15) is 0 Å². The zero-order valence-corrected chi connectivity index (χ0v) is 14.1. The lowest BCUT2D eigenvalue weighted by molar-refractivity contribution is 0.453. The molecule has 0 saturated carbocycles. The Bertz CT molecular complexity index is 982. The third-order valence-corrected chi connectivity index (χ3v) is 4.00. The molecular weight excluding hydrogens is 316 g/mol. The molecule has 1 aromatic carbocycles. The molecule has 6 nitrogen and oxygen atoms in total. The van der Waals surface area contributed by atoms with Crippen molar-refractivity contribution in [3.63, 3.8) is 0 Å². The molecule has 0 aliphatic carbocycles. The van der Waals surface area contributed by atoms with E-state index in [0.29, 0.717) is 18.3 Å². The van der Waals surface area contributed by atoms with Crippen LogP contribution in [0.15, 0.2) is 57.6 Å². The van der Waals surface area contributed by atoms with Crippen molar-refractivity contribution in [2.24, 2.45) is 0 Å². The van der Waals surface area contributed by atoms with Crippen LogP contribution in [0.4, 0.5) is 0 Å². The summed E-state index contributed by atoms with van der Waals surface area (Å²) in [5.41, 5.74) is 2.81. The fraction of sp³-hybridized carbons (Fsp3) is 0.211. The SMILES string of the molecule is CCc1ccc(-c2c(-c3ccccc3)ncn2Cc2nnc(C)o2)o1. The van der Waals surface area contributed by atoms with Crippen LogP contribution in [0.2, 0.25) is 0 Å². The first-order valence-electron chi connectivity index (χ1n) is 8.23.